The maximum atomic E-state index is 2.48. The highest BCUT2D eigenvalue weighted by Gasteiger charge is 2.44. The monoisotopic (exact) mass is 541 g/mol. The first-order chi connectivity index (χ1) is 19.8. The van der Waals surface area contributed by atoms with Gasteiger partial charge in [-0.2, -0.15) is 9.14 Å². The van der Waals surface area contributed by atoms with Gasteiger partial charge < -0.3 is 4.90 Å². The summed E-state index contributed by atoms with van der Waals surface area (Å²) in [6, 6.07) is 24.1. The Hall–Kier alpha value is -3.98. The van der Waals surface area contributed by atoms with Crippen LogP contribution >= 0.6 is 0 Å². The number of fused-ring (bicyclic) bond motifs is 2. The number of para-hydroxylation sites is 2. The number of hydrogen-bond donors (Lipinski definition) is 0. The molecule has 3 nitrogen and oxygen atoms in total. The Morgan fingerprint density at radius 3 is 2.20 bits per heavy atom. The third kappa shape index (κ3) is 4.43. The van der Waals surface area contributed by atoms with E-state index in [1.54, 1.807) is 0 Å². The van der Waals surface area contributed by atoms with Crippen LogP contribution < -0.4 is 9.47 Å². The molecule has 2 aromatic carbocycles. The highest BCUT2D eigenvalue weighted by Crippen LogP contribution is 2.47. The molecule has 0 saturated carbocycles. The first-order valence-electron chi connectivity index (χ1n) is 15.2. The number of hydrogen-bond acceptors (Lipinski definition) is 1. The molecule has 0 atom stereocenters. The predicted octanol–water partition coefficient (Wildman–Crippen LogP) is 8.26. The smallest absolute Gasteiger partial charge is 0.217 e. The molecule has 3 heterocycles. The van der Waals surface area contributed by atoms with Crippen molar-refractivity contribution >= 4 is 22.8 Å². The molecule has 3 heteroatoms. The Bertz CT molecular complexity index is 1640. The first kappa shape index (κ1) is 27.2. The number of rotatable bonds is 6. The van der Waals surface area contributed by atoms with Gasteiger partial charge in [0, 0.05) is 64.3 Å². The van der Waals surface area contributed by atoms with Crippen molar-refractivity contribution < 1.29 is 9.14 Å². The van der Waals surface area contributed by atoms with E-state index >= 15 is 0 Å². The van der Waals surface area contributed by atoms with Crippen LogP contribution in [0.1, 0.15) is 65.5 Å². The van der Waals surface area contributed by atoms with E-state index in [1.165, 1.54) is 50.8 Å². The average Bonchev–Trinajstić information content (AvgIpc) is 3.56. The highest BCUT2D eigenvalue weighted by atomic mass is 15.2. The van der Waals surface area contributed by atoms with E-state index in [0.29, 0.717) is 0 Å². The summed E-state index contributed by atoms with van der Waals surface area (Å²) in [7, 11) is 0. The van der Waals surface area contributed by atoms with Crippen LogP contribution in [0.15, 0.2) is 120 Å². The van der Waals surface area contributed by atoms with E-state index in [9.17, 15) is 0 Å². The maximum absolute atomic E-state index is 2.48. The summed E-state index contributed by atoms with van der Waals surface area (Å²) in [6.07, 6.45) is 16.0. The fourth-order valence-electron chi connectivity index (χ4n) is 7.24. The van der Waals surface area contributed by atoms with Crippen LogP contribution in [-0.4, -0.2) is 23.4 Å². The number of nitrogens with zero attached hydrogens (tertiary/aromatic N) is 3. The number of aromatic nitrogens is 1. The molecular formula is C38H43N3+2. The van der Waals surface area contributed by atoms with Gasteiger partial charge in [-0.1, -0.05) is 62.4 Å². The molecule has 0 radical (unpaired) electrons. The molecule has 3 aromatic rings. The van der Waals surface area contributed by atoms with Gasteiger partial charge in [-0.05, 0) is 64.3 Å². The summed E-state index contributed by atoms with van der Waals surface area (Å²) in [4.78, 5) is 2.48. The molecule has 3 aliphatic rings. The second-order valence-corrected chi connectivity index (χ2v) is 12.4. The van der Waals surface area contributed by atoms with Gasteiger partial charge in [0.1, 0.15) is 6.54 Å². The Morgan fingerprint density at radius 2 is 1.46 bits per heavy atom. The zero-order chi connectivity index (χ0) is 28.8. The maximum Gasteiger partial charge on any atom is 0.217 e. The largest absolute Gasteiger partial charge is 0.344 e. The normalized spacial score (nSPS) is 21.1. The summed E-state index contributed by atoms with van der Waals surface area (Å²) < 4.78 is 4.79. The summed E-state index contributed by atoms with van der Waals surface area (Å²) in [6.45, 7) is 15.9. The molecular weight excluding hydrogens is 498 g/mol. The Labute approximate surface area is 246 Å². The van der Waals surface area contributed by atoms with Crippen molar-refractivity contribution in [2.24, 2.45) is 0 Å². The van der Waals surface area contributed by atoms with Gasteiger partial charge in [-0.25, -0.2) is 0 Å². The van der Waals surface area contributed by atoms with E-state index in [0.717, 1.165) is 25.9 Å². The van der Waals surface area contributed by atoms with Crippen molar-refractivity contribution in [2.45, 2.75) is 65.2 Å². The van der Waals surface area contributed by atoms with E-state index in [1.807, 2.05) is 0 Å². The van der Waals surface area contributed by atoms with Gasteiger partial charge in [-0.3, -0.25) is 0 Å². The predicted molar refractivity (Wildman–Crippen MR) is 172 cm³/mol. The molecule has 6 rings (SSSR count). The third-order valence-corrected chi connectivity index (χ3v) is 9.36. The molecule has 1 aromatic heterocycles. The zero-order valence-corrected chi connectivity index (χ0v) is 25.5. The van der Waals surface area contributed by atoms with E-state index < -0.39 is 0 Å². The molecule has 0 saturated heterocycles. The first-order valence-corrected chi connectivity index (χ1v) is 15.2. The van der Waals surface area contributed by atoms with Gasteiger partial charge in [-0.15, -0.1) is 0 Å². The molecule has 41 heavy (non-hydrogen) atoms. The standard InChI is InChI=1S/C38H43N3/c1-7-40-32-18-12-10-16-30(32)37(3,4)34(40)24-22-28-20-21-29(36(28)39-26-14-9-15-27-39)23-25-35-38(5,6)31-17-11-13-19-33(31)41(35)8-2/h9-19,22-27H,7-8,20-21H2,1-6H3/q+2. The fraction of sp³-hybridized carbons (Fsp3) is 0.316. The second kappa shape index (κ2) is 10.4. The number of pyridine rings is 1. The quantitative estimate of drug-likeness (QED) is 0.286. The molecule has 0 N–H and O–H groups in total. The van der Waals surface area contributed by atoms with Crippen LogP contribution in [0.4, 0.5) is 11.4 Å². The summed E-state index contributed by atoms with van der Waals surface area (Å²) in [5, 5.41) is 0. The molecule has 208 valence electrons. The minimum absolute atomic E-state index is 0.0297. The van der Waals surface area contributed by atoms with Crippen LogP contribution in [0.2, 0.25) is 0 Å². The molecule has 0 fully saturated rings. The minimum atomic E-state index is -0.0297. The van der Waals surface area contributed by atoms with Crippen LogP contribution in [0.25, 0.3) is 5.70 Å². The third-order valence-electron chi connectivity index (χ3n) is 9.36. The lowest BCUT2D eigenvalue weighted by molar-refractivity contribution is -0.579. The molecule has 0 unspecified atom stereocenters. The summed E-state index contributed by atoms with van der Waals surface area (Å²) in [5.74, 6) is 0. The van der Waals surface area contributed by atoms with Gasteiger partial charge in [0.05, 0.1) is 5.41 Å². The molecule has 0 amide bonds. The Morgan fingerprint density at radius 1 is 0.756 bits per heavy atom. The van der Waals surface area contributed by atoms with Gasteiger partial charge in [0.2, 0.25) is 11.4 Å². The topological polar surface area (TPSA) is 10.1 Å². The van der Waals surface area contributed by atoms with Gasteiger partial charge in [0.15, 0.2) is 18.1 Å². The van der Waals surface area contributed by atoms with Crippen molar-refractivity contribution in [3.8, 4) is 0 Å². The second-order valence-electron chi connectivity index (χ2n) is 12.4. The van der Waals surface area contributed by atoms with Crippen molar-refractivity contribution in [3.05, 3.63) is 131 Å². The van der Waals surface area contributed by atoms with Crippen molar-refractivity contribution in [3.63, 3.8) is 0 Å². The number of likely N-dealkylation sites (N-methyl/N-ethyl adjacent to an activating group) is 1. The Kier molecular flexibility index (Phi) is 6.93. The lowest BCUT2D eigenvalue weighted by atomic mass is 9.81. The van der Waals surface area contributed by atoms with Crippen molar-refractivity contribution in [1.29, 1.82) is 0 Å². The van der Waals surface area contributed by atoms with Crippen LogP contribution in [0.3, 0.4) is 0 Å². The minimum Gasteiger partial charge on any atom is -0.344 e. The van der Waals surface area contributed by atoms with Crippen LogP contribution in [0.5, 0.6) is 0 Å². The Balaban J connectivity index is 1.43. The lowest BCUT2D eigenvalue weighted by Crippen LogP contribution is -2.32. The fourth-order valence-corrected chi connectivity index (χ4v) is 7.24. The average molecular weight is 542 g/mol. The molecule has 0 bridgehead atoms. The molecule has 2 aliphatic heterocycles. The number of anilines is 1. The summed E-state index contributed by atoms with van der Waals surface area (Å²) in [5.41, 5.74) is 12.3. The zero-order valence-electron chi connectivity index (χ0n) is 25.5. The van der Waals surface area contributed by atoms with E-state index in [4.69, 9.17) is 0 Å². The van der Waals surface area contributed by atoms with Crippen molar-refractivity contribution in [1.82, 2.24) is 0 Å². The van der Waals surface area contributed by atoms with Crippen LogP contribution in [0, 0.1) is 0 Å². The summed E-state index contributed by atoms with van der Waals surface area (Å²) >= 11 is 0. The molecule has 0 spiro atoms. The highest BCUT2D eigenvalue weighted by molar-refractivity contribution is 6.03. The van der Waals surface area contributed by atoms with E-state index in [2.05, 4.69) is 159 Å². The van der Waals surface area contributed by atoms with Crippen molar-refractivity contribution in [2.75, 3.05) is 18.0 Å². The van der Waals surface area contributed by atoms with E-state index in [-0.39, 0.29) is 10.8 Å². The number of allylic oxidation sites excluding steroid dienone is 8. The SMILES string of the molecule is CCN1C(=CC=C2CCC(C=CC3=[N+](CC)c4ccccc4C3(C)C)=C2[n+]2ccccc2)C(C)(C)c2ccccc21. The lowest BCUT2D eigenvalue weighted by Gasteiger charge is -2.26. The van der Waals surface area contributed by atoms with Gasteiger partial charge >= 0.3 is 0 Å². The van der Waals surface area contributed by atoms with Crippen LogP contribution in [-0.2, 0) is 10.8 Å². The van der Waals surface area contributed by atoms with Gasteiger partial charge in [0.25, 0.3) is 0 Å². The number of benzene rings is 2. The molecule has 1 aliphatic carbocycles.